The molecule has 0 spiro atoms. The minimum Gasteiger partial charge on any atom is -0.398 e. The Morgan fingerprint density at radius 3 is 1.92 bits per heavy atom. The van der Waals surface area contributed by atoms with E-state index in [9.17, 15) is 0 Å². The molecule has 0 amide bonds. The van der Waals surface area contributed by atoms with Crippen LogP contribution in [0.5, 0.6) is 0 Å². The zero-order valence-corrected chi connectivity index (χ0v) is 10.2. The Kier molecular flexibility index (Phi) is 11.3. The van der Waals surface area contributed by atoms with Gasteiger partial charge in [-0.3, -0.25) is 0 Å². The molecule has 13 heavy (non-hydrogen) atoms. The van der Waals surface area contributed by atoms with Gasteiger partial charge in [-0.1, -0.05) is 26.2 Å². The quantitative estimate of drug-likeness (QED) is 0.492. The molecule has 0 atom stereocenters. The van der Waals surface area contributed by atoms with Gasteiger partial charge in [-0.05, 0) is 12.6 Å². The molecule has 0 aromatic heterocycles. The summed E-state index contributed by atoms with van der Waals surface area (Å²) < 4.78 is 10.7. The number of unbranched alkanes of at least 4 members (excludes halogenated alkanes) is 2. The van der Waals surface area contributed by atoms with E-state index >= 15 is 0 Å². The molecule has 0 aliphatic heterocycles. The molecule has 0 unspecified atom stereocenters. The molecule has 0 N–H and O–H groups in total. The first-order valence-corrected chi connectivity index (χ1v) is 7.07. The highest BCUT2D eigenvalue weighted by Crippen LogP contribution is 2.15. The van der Waals surface area contributed by atoms with Crippen LogP contribution in [-0.4, -0.2) is 22.8 Å². The smallest absolute Gasteiger partial charge is 0.334 e. The molecule has 0 bridgehead atoms. The van der Waals surface area contributed by atoms with Gasteiger partial charge in [0.05, 0.1) is 0 Å². The van der Waals surface area contributed by atoms with Gasteiger partial charge < -0.3 is 8.85 Å². The lowest BCUT2D eigenvalue weighted by Gasteiger charge is -2.22. The molecule has 0 heterocycles. The van der Waals surface area contributed by atoms with Crippen LogP contribution in [0.2, 0.25) is 12.6 Å². The number of rotatable bonds is 6. The maximum atomic E-state index is 6.50. The molecule has 0 aromatic rings. The molecule has 0 aromatic carbocycles. The van der Waals surface area contributed by atoms with Crippen LogP contribution in [0.4, 0.5) is 0 Å². The van der Waals surface area contributed by atoms with Crippen molar-refractivity contribution < 1.29 is 8.85 Å². The molecule has 0 aliphatic rings. The zero-order valence-electron chi connectivity index (χ0n) is 9.17. The fourth-order valence-corrected chi connectivity index (χ4v) is 2.45. The third-order valence-electron chi connectivity index (χ3n) is 2.10. The van der Waals surface area contributed by atoms with Crippen LogP contribution < -0.4 is 0 Å². The summed E-state index contributed by atoms with van der Waals surface area (Å²) in [5, 5.41) is 6.50. The molecule has 0 rings (SSSR count). The molecule has 0 saturated carbocycles. The maximum absolute atomic E-state index is 6.50. The van der Waals surface area contributed by atoms with Crippen molar-refractivity contribution >= 4 is 8.56 Å². The van der Waals surface area contributed by atoms with E-state index in [0.29, 0.717) is 0 Å². The zero-order chi connectivity index (χ0) is 10.7. The predicted octanol–water partition coefficient (Wildman–Crippen LogP) is 2.68. The van der Waals surface area contributed by atoms with E-state index in [0.717, 1.165) is 6.04 Å². The van der Waals surface area contributed by atoms with Gasteiger partial charge in [0.15, 0.2) is 0 Å². The van der Waals surface area contributed by atoms with Crippen molar-refractivity contribution in [3.8, 4) is 6.57 Å². The van der Waals surface area contributed by atoms with Crippen LogP contribution in [0.15, 0.2) is 0 Å². The van der Waals surface area contributed by atoms with E-state index < -0.39 is 8.56 Å². The highest BCUT2D eigenvalue weighted by Gasteiger charge is 2.27. The third kappa shape index (κ3) is 7.97. The molecule has 3 nitrogen and oxygen atoms in total. The Labute approximate surface area is 82.9 Å². The normalized spacial score (nSPS) is 10.3. The van der Waals surface area contributed by atoms with Gasteiger partial charge in [0.25, 0.3) is 0 Å². The first-order valence-electron chi connectivity index (χ1n) is 4.54. The van der Waals surface area contributed by atoms with Crippen molar-refractivity contribution in [3.05, 3.63) is 0 Å². The second kappa shape index (κ2) is 9.71. The number of nitrogens with zero attached hydrogens (tertiary/aromatic N) is 1. The van der Waals surface area contributed by atoms with Crippen LogP contribution in [0.1, 0.15) is 26.2 Å². The average Bonchev–Trinajstić information content (AvgIpc) is 2.21. The number of nitriles is 1. The van der Waals surface area contributed by atoms with Crippen LogP contribution in [-0.2, 0) is 8.85 Å². The van der Waals surface area contributed by atoms with Crippen LogP contribution in [0, 0.1) is 11.8 Å². The SMILES string of the molecule is C#N.CCCCC[Si](C)(OC)OC. The summed E-state index contributed by atoms with van der Waals surface area (Å²) in [5.41, 5.74) is 0. The number of hydrogen-bond acceptors (Lipinski definition) is 3. The summed E-state index contributed by atoms with van der Waals surface area (Å²) in [5.74, 6) is 0. The van der Waals surface area contributed by atoms with Gasteiger partial charge in [0.2, 0.25) is 0 Å². The van der Waals surface area contributed by atoms with Crippen LogP contribution in [0.25, 0.3) is 0 Å². The third-order valence-corrected chi connectivity index (χ3v) is 5.09. The van der Waals surface area contributed by atoms with Gasteiger partial charge in [-0.25, -0.2) is 5.26 Å². The van der Waals surface area contributed by atoms with Crippen molar-refractivity contribution in [1.29, 1.82) is 5.26 Å². The first kappa shape index (κ1) is 15.1. The lowest BCUT2D eigenvalue weighted by molar-refractivity contribution is 0.248. The van der Waals surface area contributed by atoms with E-state index in [1.54, 1.807) is 14.2 Å². The molecule has 0 saturated heterocycles. The summed E-state index contributed by atoms with van der Waals surface area (Å²) in [6.45, 7) is 7.82. The van der Waals surface area contributed by atoms with E-state index in [2.05, 4.69) is 20.0 Å². The van der Waals surface area contributed by atoms with Crippen molar-refractivity contribution in [2.24, 2.45) is 0 Å². The highest BCUT2D eigenvalue weighted by atomic mass is 28.4. The predicted molar refractivity (Wildman–Crippen MR) is 56.6 cm³/mol. The summed E-state index contributed by atoms with van der Waals surface area (Å²) in [7, 11) is 1.77. The Hall–Kier alpha value is -0.373. The van der Waals surface area contributed by atoms with E-state index in [-0.39, 0.29) is 0 Å². The van der Waals surface area contributed by atoms with Crippen molar-refractivity contribution in [1.82, 2.24) is 0 Å². The van der Waals surface area contributed by atoms with Crippen LogP contribution >= 0.6 is 0 Å². The summed E-state index contributed by atoms with van der Waals surface area (Å²) in [6, 6.07) is 1.12. The summed E-state index contributed by atoms with van der Waals surface area (Å²) in [6.07, 6.45) is 3.79. The molecule has 0 fully saturated rings. The average molecular weight is 203 g/mol. The van der Waals surface area contributed by atoms with Crippen molar-refractivity contribution in [2.75, 3.05) is 14.2 Å². The minimum absolute atomic E-state index is 1.12. The first-order chi connectivity index (χ1) is 6.18. The van der Waals surface area contributed by atoms with E-state index in [1.807, 2.05) is 0 Å². The van der Waals surface area contributed by atoms with E-state index in [1.165, 1.54) is 19.3 Å². The second-order valence-electron chi connectivity index (χ2n) is 3.00. The van der Waals surface area contributed by atoms with E-state index in [4.69, 9.17) is 14.1 Å². The Morgan fingerprint density at radius 2 is 1.62 bits per heavy atom. The molecule has 78 valence electrons. The lowest BCUT2D eigenvalue weighted by atomic mass is 10.3. The Balaban J connectivity index is 0. The molecule has 0 radical (unpaired) electrons. The maximum Gasteiger partial charge on any atom is 0.334 e. The minimum atomic E-state index is -1.73. The van der Waals surface area contributed by atoms with Gasteiger partial charge in [-0.15, -0.1) is 0 Å². The molecular weight excluding hydrogens is 182 g/mol. The fourth-order valence-electron chi connectivity index (χ4n) is 0.984. The largest absolute Gasteiger partial charge is 0.398 e. The summed E-state index contributed by atoms with van der Waals surface area (Å²) in [4.78, 5) is 0. The van der Waals surface area contributed by atoms with Crippen LogP contribution in [0.3, 0.4) is 0 Å². The van der Waals surface area contributed by atoms with Gasteiger partial charge in [-0.2, -0.15) is 0 Å². The van der Waals surface area contributed by atoms with Crippen molar-refractivity contribution in [2.45, 2.75) is 38.8 Å². The Bertz CT molecular complexity index is 124. The monoisotopic (exact) mass is 203 g/mol. The highest BCUT2D eigenvalue weighted by molar-refractivity contribution is 6.65. The molecular formula is C9H21NO2Si. The standard InChI is InChI=1S/C8H20O2Si.CHN/c1-5-6-7-8-11(4,9-2)10-3;1-2/h5-8H2,1-4H3;1H. The Morgan fingerprint density at radius 1 is 1.15 bits per heavy atom. The van der Waals surface area contributed by atoms with Gasteiger partial charge in [0, 0.05) is 20.8 Å². The molecule has 4 heteroatoms. The van der Waals surface area contributed by atoms with Gasteiger partial charge >= 0.3 is 8.56 Å². The topological polar surface area (TPSA) is 42.2 Å². The van der Waals surface area contributed by atoms with Crippen molar-refractivity contribution in [3.63, 3.8) is 0 Å². The molecule has 0 aliphatic carbocycles. The fraction of sp³-hybridized carbons (Fsp3) is 0.889. The number of hydrogen-bond donors (Lipinski definition) is 0. The second-order valence-corrected chi connectivity index (χ2v) is 6.58. The van der Waals surface area contributed by atoms with Gasteiger partial charge in [0.1, 0.15) is 0 Å². The lowest BCUT2D eigenvalue weighted by Crippen LogP contribution is -2.35. The summed E-state index contributed by atoms with van der Waals surface area (Å²) >= 11 is 0.